The molecule has 0 radical (unpaired) electrons. The first-order chi connectivity index (χ1) is 37.6. The van der Waals surface area contributed by atoms with Gasteiger partial charge in [-0.25, -0.2) is 4.99 Å². The zero-order chi connectivity index (χ0) is 50.9. The van der Waals surface area contributed by atoms with E-state index in [2.05, 4.69) is 306 Å². The number of para-hydroxylation sites is 4. The summed E-state index contributed by atoms with van der Waals surface area (Å²) in [6.45, 7) is 0.296. The van der Waals surface area contributed by atoms with Gasteiger partial charge in [0, 0.05) is 27.1 Å². The van der Waals surface area contributed by atoms with Crippen LogP contribution < -0.4 is 47.2 Å². The molecule has 13 aromatic rings. The molecular weight excluding hydrogens is 955 g/mol. The van der Waals surface area contributed by atoms with Gasteiger partial charge in [-0.05, 0) is 65.8 Å². The summed E-state index contributed by atoms with van der Waals surface area (Å²) in [7, 11) is -6.45. The third-order valence-electron chi connectivity index (χ3n) is 15.4. The van der Waals surface area contributed by atoms with Crippen molar-refractivity contribution >= 4 is 113 Å². The fourth-order valence-electron chi connectivity index (χ4n) is 12.1. The van der Waals surface area contributed by atoms with Crippen LogP contribution in [0, 0.1) is 0 Å². The first-order valence-electron chi connectivity index (χ1n) is 26.0. The topological polar surface area (TPSA) is 60.6 Å². The molecule has 0 saturated heterocycles. The molecule has 362 valence electrons. The van der Waals surface area contributed by atoms with Crippen LogP contribution in [0.15, 0.2) is 307 Å². The zero-order valence-corrected chi connectivity index (χ0v) is 43.9. The Morgan fingerprint density at radius 3 is 0.921 bits per heavy atom. The molecule has 76 heavy (non-hydrogen) atoms. The Hall–Kier alpha value is -9.41. The predicted octanol–water partition coefficient (Wildman–Crippen LogP) is 9.92. The third-order valence-corrected chi connectivity index (χ3v) is 24.9. The number of benzene rings is 11. The normalized spacial score (nSPS) is 12.5. The first kappa shape index (κ1) is 46.4. The maximum atomic E-state index is 7.58. The molecule has 0 spiro atoms. The monoisotopic (exact) mass is 1010 g/mol. The lowest BCUT2D eigenvalue weighted by molar-refractivity contribution is 0.791. The highest BCUT2D eigenvalue weighted by Crippen LogP contribution is 2.30. The Morgan fingerprint density at radius 2 is 0.592 bits per heavy atom. The molecule has 0 atom stereocenters. The second-order valence-corrected chi connectivity index (χ2v) is 27.0. The highest BCUT2D eigenvalue weighted by molar-refractivity contribution is 7.22. The van der Waals surface area contributed by atoms with Crippen molar-refractivity contribution in [2.24, 2.45) is 15.7 Å². The zero-order valence-electron chi connectivity index (χ0n) is 41.9. The molecule has 0 fully saturated rings. The minimum atomic E-state index is -3.23. The second kappa shape index (κ2) is 19.8. The van der Waals surface area contributed by atoms with Crippen molar-refractivity contribution in [2.75, 3.05) is 0 Å². The van der Waals surface area contributed by atoms with Gasteiger partial charge < -0.3 is 10.3 Å². The highest BCUT2D eigenvalue weighted by Gasteiger charge is 2.46. The summed E-state index contributed by atoms with van der Waals surface area (Å²) in [5.41, 5.74) is 12.6. The van der Waals surface area contributed by atoms with E-state index in [0.29, 0.717) is 18.5 Å². The lowest BCUT2D eigenvalue weighted by Gasteiger charge is -2.38. The van der Waals surface area contributed by atoms with E-state index in [1.807, 2.05) is 0 Å². The molecule has 2 aromatic heterocycles. The quantitative estimate of drug-likeness (QED) is 0.0597. The summed E-state index contributed by atoms with van der Waals surface area (Å²) in [6, 6.07) is 109. The van der Waals surface area contributed by atoms with E-state index in [4.69, 9.17) is 15.7 Å². The molecule has 5 nitrogen and oxygen atoms in total. The maximum absolute atomic E-state index is 7.58. The van der Waals surface area contributed by atoms with Crippen LogP contribution in [0.25, 0.3) is 43.6 Å². The van der Waals surface area contributed by atoms with E-state index in [1.54, 1.807) is 0 Å². The lowest BCUT2D eigenvalue weighted by atomic mass is 10.2. The van der Waals surface area contributed by atoms with Crippen LogP contribution in [0.3, 0.4) is 0 Å². The van der Waals surface area contributed by atoms with Crippen molar-refractivity contribution in [2.45, 2.75) is 6.67 Å². The SMILES string of the molecule is NC(=N/C(=N\Cn1c2ccccc2c2ccccc21)c1cc([Si](c2ccccc2)(c2ccccc2)c2ccccc2)cc([Si](c2ccccc2)(c2ccccc2)c2ccccc2)c1)n1c2ccccc2c2ccccc21. The smallest absolute Gasteiger partial charge is 0.207 e. The van der Waals surface area contributed by atoms with E-state index in [-0.39, 0.29) is 0 Å². The van der Waals surface area contributed by atoms with Gasteiger partial charge in [-0.2, -0.15) is 4.99 Å². The van der Waals surface area contributed by atoms with Gasteiger partial charge in [0.25, 0.3) is 0 Å². The van der Waals surface area contributed by atoms with Gasteiger partial charge in [0.05, 0.1) is 22.1 Å². The van der Waals surface area contributed by atoms with Crippen molar-refractivity contribution in [3.8, 4) is 0 Å². The molecule has 0 aliphatic carbocycles. The number of nitrogens with zero attached hydrogens (tertiary/aromatic N) is 4. The predicted molar refractivity (Wildman–Crippen MR) is 326 cm³/mol. The number of fused-ring (bicyclic) bond motifs is 6. The van der Waals surface area contributed by atoms with Gasteiger partial charge in [-0.15, -0.1) is 0 Å². The fraction of sp³-hybridized carbons (Fsp3) is 0.0145. The number of aliphatic imine (C=N–C) groups is 2. The van der Waals surface area contributed by atoms with E-state index in [0.717, 1.165) is 38.4 Å². The maximum Gasteiger partial charge on any atom is 0.207 e. The summed E-state index contributed by atoms with van der Waals surface area (Å²) < 4.78 is 4.41. The Labute approximate surface area is 444 Å². The summed E-state index contributed by atoms with van der Waals surface area (Å²) in [6.07, 6.45) is 0. The molecule has 0 aliphatic heterocycles. The minimum Gasteiger partial charge on any atom is -0.369 e. The molecule has 13 rings (SSSR count). The number of amidine groups is 1. The third kappa shape index (κ3) is 7.75. The average Bonchev–Trinajstić information content (AvgIpc) is 4.03. The standard InChI is InChI=1S/C69H53N5Si2/c70-69(74-66-45-25-21-41-62(66)63-42-22-26-46-67(63)74)72-68(71-50-73-64-43-23-19-39-60(64)61-40-20-24-44-65(61)73)51-47-58(75(52-27-7-1-8-28-52,53-29-9-2-10-30-53)54-31-11-3-12-32-54)49-59(48-51)76(55-33-13-4-14-34-55,56-35-15-5-16-36-56)57-37-17-6-18-38-57/h1-49H,50H2,(H2,70,71,72). The lowest BCUT2D eigenvalue weighted by Crippen LogP contribution is -2.78. The molecule has 0 unspecified atom stereocenters. The highest BCUT2D eigenvalue weighted by atomic mass is 28.3. The molecule has 0 aliphatic rings. The molecule has 11 aromatic carbocycles. The Kier molecular flexibility index (Phi) is 12.1. The Balaban J connectivity index is 1.19. The van der Waals surface area contributed by atoms with Crippen LogP contribution in [-0.4, -0.2) is 37.1 Å². The molecule has 2 heterocycles. The second-order valence-electron chi connectivity index (χ2n) is 19.4. The van der Waals surface area contributed by atoms with E-state index in [9.17, 15) is 0 Å². The number of hydrogen-bond donors (Lipinski definition) is 1. The number of nitrogens with two attached hydrogens (primary N) is 1. The van der Waals surface area contributed by atoms with Gasteiger partial charge in [-0.3, -0.25) is 4.57 Å². The molecule has 2 N–H and O–H groups in total. The van der Waals surface area contributed by atoms with Gasteiger partial charge >= 0.3 is 0 Å². The van der Waals surface area contributed by atoms with Gasteiger partial charge in [0.2, 0.25) is 5.96 Å². The van der Waals surface area contributed by atoms with Crippen LogP contribution in [0.4, 0.5) is 0 Å². The van der Waals surface area contributed by atoms with Gasteiger partial charge in [0.1, 0.15) is 6.67 Å². The Bertz CT molecular complexity index is 3810. The van der Waals surface area contributed by atoms with E-state index in [1.165, 1.54) is 52.3 Å². The average molecular weight is 1010 g/mol. The molecule has 0 bridgehead atoms. The van der Waals surface area contributed by atoms with Gasteiger partial charge in [-0.1, -0.05) is 273 Å². The fourth-order valence-corrected chi connectivity index (χ4v) is 21.9. The van der Waals surface area contributed by atoms with Crippen molar-refractivity contribution in [1.29, 1.82) is 0 Å². The summed E-state index contributed by atoms with van der Waals surface area (Å²) in [5, 5.41) is 14.7. The van der Waals surface area contributed by atoms with Crippen LogP contribution in [0.2, 0.25) is 0 Å². The van der Waals surface area contributed by atoms with Crippen LogP contribution in [-0.2, 0) is 6.67 Å². The molecular formula is C69H53N5Si2. The van der Waals surface area contributed by atoms with Crippen molar-refractivity contribution in [3.63, 3.8) is 0 Å². The van der Waals surface area contributed by atoms with Crippen LogP contribution in [0.5, 0.6) is 0 Å². The van der Waals surface area contributed by atoms with Crippen LogP contribution >= 0.6 is 0 Å². The Morgan fingerprint density at radius 1 is 0.316 bits per heavy atom. The first-order valence-corrected chi connectivity index (χ1v) is 30.0. The minimum absolute atomic E-state index is 0.296. The van der Waals surface area contributed by atoms with Crippen LogP contribution in [0.1, 0.15) is 5.56 Å². The summed E-state index contributed by atoms with van der Waals surface area (Å²) >= 11 is 0. The largest absolute Gasteiger partial charge is 0.369 e. The summed E-state index contributed by atoms with van der Waals surface area (Å²) in [4.78, 5) is 11.4. The van der Waals surface area contributed by atoms with Crippen molar-refractivity contribution in [3.05, 3.63) is 303 Å². The van der Waals surface area contributed by atoms with Gasteiger partial charge in [0.15, 0.2) is 22.0 Å². The molecule has 0 amide bonds. The van der Waals surface area contributed by atoms with E-state index < -0.39 is 16.1 Å². The van der Waals surface area contributed by atoms with Crippen molar-refractivity contribution in [1.82, 2.24) is 9.13 Å². The van der Waals surface area contributed by atoms with Crippen molar-refractivity contribution < 1.29 is 0 Å². The number of aromatic nitrogens is 2. The molecule has 7 heteroatoms. The van der Waals surface area contributed by atoms with E-state index >= 15 is 0 Å². The number of rotatable bonds is 11. The summed E-state index contributed by atoms with van der Waals surface area (Å²) in [5.74, 6) is 0.874. The number of hydrogen-bond acceptors (Lipinski definition) is 1. The molecule has 0 saturated carbocycles.